The quantitative estimate of drug-likeness (QED) is 0.0152. The molecule has 2 aliphatic rings. The van der Waals surface area contributed by atoms with Crippen molar-refractivity contribution in [3.8, 4) is 23.0 Å². The van der Waals surface area contributed by atoms with Gasteiger partial charge < -0.3 is 88.1 Å². The number of fused-ring (bicyclic) bond motifs is 8. The van der Waals surface area contributed by atoms with Crippen molar-refractivity contribution in [1.29, 1.82) is 0 Å². The fourth-order valence-corrected chi connectivity index (χ4v) is 12.6. The number of hydrogen-bond acceptors (Lipinski definition) is 18. The standard InChI is InChI=1S/2C37H39ClN4O8/c1-24-3-2-4-29-32(44)19-31-35(34(24)29)26(20-38)21-42(31)37(46)30-23-41-22-27(7-10-33(41)40-30)39-36(45)25-5-8-28(9-6-25)50-18-17-49-16-15-48-14-13-47-12-11-43;1-23-3-2-4-29-32(44)19-31-34(33(23)29)26(20-38)22-42(31)37(46)30-18-25-17-27(21-39-35(25)41-30)40-36(45)24-5-7-28(8-6-24)50-16-15-49-14-13-48-12-11-47-10-9-43/h2-10,19,22-23,26,43-44H,11-18,20-21H2,1H3,(H,39,45);2-8,17-19,21,26,43-44H,9-16,20,22H2,1H3,(H,39,41)(H,40,45)/t2*26-/m11/s1. The van der Waals surface area contributed by atoms with Crippen LogP contribution in [0.3, 0.4) is 0 Å². The van der Waals surface area contributed by atoms with Crippen LogP contribution in [0.4, 0.5) is 22.7 Å². The average molecular weight is 1410 g/mol. The summed E-state index contributed by atoms with van der Waals surface area (Å²) in [7, 11) is 0. The van der Waals surface area contributed by atoms with E-state index in [1.54, 1.807) is 112 Å². The van der Waals surface area contributed by atoms with Crippen LogP contribution in [0.25, 0.3) is 38.2 Å². The SMILES string of the molecule is Cc1cccc2c(O)cc3c(c12)[C@H](CCl)CN3C(=O)c1cc2cc(NC(=O)c3ccc(OCCOCCOCCOCCO)cc3)cnc2[nH]1.Cc1cccc2c(O)cc3c(c12)[C@H](CCl)CN3C(=O)c1cn2cc(NC(=O)c3ccc(OCCOCCOCCOCCO)cc3)ccc2n1. The number of phenolic OH excluding ortho intramolecular Hbond substituents is 2. The summed E-state index contributed by atoms with van der Waals surface area (Å²) >= 11 is 12.8. The number of nitrogens with zero attached hydrogens (tertiary/aromatic N) is 5. The number of benzene rings is 6. The van der Waals surface area contributed by atoms with E-state index >= 15 is 0 Å². The number of hydrogen-bond donors (Lipinski definition) is 7. The molecule has 10 aromatic rings. The first-order valence-corrected chi connectivity index (χ1v) is 33.8. The molecular formula is C74H78Cl2N8O16. The van der Waals surface area contributed by atoms with E-state index < -0.39 is 0 Å². The highest BCUT2D eigenvalue weighted by atomic mass is 35.5. The Balaban J connectivity index is 0.000000202. The van der Waals surface area contributed by atoms with Crippen LogP contribution in [0.15, 0.2) is 140 Å². The maximum absolute atomic E-state index is 13.9. The van der Waals surface area contributed by atoms with E-state index in [0.29, 0.717) is 185 Å². The first-order valence-electron chi connectivity index (χ1n) is 32.8. The summed E-state index contributed by atoms with van der Waals surface area (Å²) in [5.74, 6) is 0.688. The van der Waals surface area contributed by atoms with Crippen LogP contribution in [-0.2, 0) is 28.4 Å². The number of imidazole rings is 1. The number of amides is 4. The third-order valence-electron chi connectivity index (χ3n) is 16.9. The van der Waals surface area contributed by atoms with Gasteiger partial charge in [-0.25, -0.2) is 9.97 Å². The summed E-state index contributed by atoms with van der Waals surface area (Å²) in [5.41, 5.74) is 8.68. The van der Waals surface area contributed by atoms with Gasteiger partial charge in [-0.05, 0) is 120 Å². The largest absolute Gasteiger partial charge is 0.507 e. The average Bonchev–Trinajstić information content (AvgIpc) is 1.37. The Morgan fingerprint density at radius 2 is 1.00 bits per heavy atom. The van der Waals surface area contributed by atoms with E-state index in [-0.39, 0.29) is 65.9 Å². The van der Waals surface area contributed by atoms with Gasteiger partial charge in [0.05, 0.1) is 121 Å². The third-order valence-corrected chi connectivity index (χ3v) is 17.6. The van der Waals surface area contributed by atoms with Crippen molar-refractivity contribution in [1.82, 2.24) is 19.4 Å². The molecule has 24 nitrogen and oxygen atoms in total. The van der Waals surface area contributed by atoms with Gasteiger partial charge in [-0.2, -0.15) is 0 Å². The van der Waals surface area contributed by atoms with Crippen LogP contribution in [-0.4, -0.2) is 194 Å². The fraction of sp³-hybridized carbons (Fsp3) is 0.324. The number of aromatic amines is 1. The second-order valence-electron chi connectivity index (χ2n) is 23.6. The van der Waals surface area contributed by atoms with Crippen molar-refractivity contribution < 1.29 is 77.5 Å². The van der Waals surface area contributed by atoms with Crippen molar-refractivity contribution in [3.63, 3.8) is 0 Å². The Kier molecular flexibility index (Phi) is 24.8. The number of rotatable bonds is 32. The molecular weight excluding hydrogens is 1330 g/mol. The van der Waals surface area contributed by atoms with Gasteiger partial charge in [0.15, 0.2) is 0 Å². The van der Waals surface area contributed by atoms with Gasteiger partial charge in [0.2, 0.25) is 0 Å². The lowest BCUT2D eigenvalue weighted by Gasteiger charge is -2.18. The number of nitrogens with one attached hydrogen (secondary N) is 3. The number of aromatic nitrogens is 4. The van der Waals surface area contributed by atoms with Gasteiger partial charge in [0.25, 0.3) is 23.6 Å². The van der Waals surface area contributed by atoms with Crippen LogP contribution in [0, 0.1) is 13.8 Å². The lowest BCUT2D eigenvalue weighted by Crippen LogP contribution is -2.30. The van der Waals surface area contributed by atoms with Crippen LogP contribution < -0.4 is 29.9 Å². The molecule has 0 unspecified atom stereocenters. The Hall–Kier alpha value is -9.44. The smallest absolute Gasteiger partial charge is 0.278 e. The Labute approximate surface area is 586 Å². The number of aromatic hydroxyl groups is 2. The van der Waals surface area contributed by atoms with E-state index in [9.17, 15) is 29.4 Å². The highest BCUT2D eigenvalue weighted by molar-refractivity contribution is 6.20. The van der Waals surface area contributed by atoms with Crippen LogP contribution in [0.5, 0.6) is 23.0 Å². The van der Waals surface area contributed by atoms with Crippen LogP contribution >= 0.6 is 23.2 Å². The molecule has 2 atom stereocenters. The maximum atomic E-state index is 13.9. The van der Waals surface area contributed by atoms with Crippen LogP contribution in [0.2, 0.25) is 0 Å². The Bertz CT molecular complexity index is 4210. The summed E-state index contributed by atoms with van der Waals surface area (Å²) in [6.07, 6.45) is 4.86. The van der Waals surface area contributed by atoms with Gasteiger partial charge in [0, 0.05) is 88.5 Å². The zero-order valence-electron chi connectivity index (χ0n) is 55.3. The number of carbonyl (C=O) groups excluding carboxylic acids is 4. The van der Waals surface area contributed by atoms with Gasteiger partial charge in [-0.1, -0.05) is 36.4 Å². The summed E-state index contributed by atoms with van der Waals surface area (Å²) in [6, 6.07) is 35.3. The van der Waals surface area contributed by atoms with E-state index in [1.807, 2.05) is 50.2 Å². The highest BCUT2D eigenvalue weighted by Crippen LogP contribution is 2.48. The number of anilines is 4. The molecule has 0 spiro atoms. The molecule has 4 amide bonds. The van der Waals surface area contributed by atoms with Crippen molar-refractivity contribution >= 4 is 108 Å². The number of H-pyrrole nitrogens is 1. The number of pyridine rings is 2. The molecule has 4 aromatic heterocycles. The molecule has 0 bridgehead atoms. The van der Waals surface area contributed by atoms with Crippen LogP contribution in [0.1, 0.15) is 75.8 Å². The molecule has 0 fully saturated rings. The summed E-state index contributed by atoms with van der Waals surface area (Å²) < 4.78 is 45.0. The molecule has 0 saturated heterocycles. The van der Waals surface area contributed by atoms with Crippen molar-refractivity contribution in [2.75, 3.05) is 151 Å². The van der Waals surface area contributed by atoms with E-state index in [2.05, 4.69) is 25.6 Å². The predicted octanol–water partition coefficient (Wildman–Crippen LogP) is 10.5. The van der Waals surface area contributed by atoms with Crippen molar-refractivity contribution in [3.05, 3.63) is 185 Å². The first kappa shape index (κ1) is 71.8. The second kappa shape index (κ2) is 34.6. The highest BCUT2D eigenvalue weighted by Gasteiger charge is 2.38. The molecule has 524 valence electrons. The van der Waals surface area contributed by atoms with E-state index in [4.69, 9.17) is 71.3 Å². The molecule has 12 rings (SSSR count). The molecule has 2 aliphatic heterocycles. The monoisotopic (exact) mass is 1400 g/mol. The topological polar surface area (TPSA) is 300 Å². The van der Waals surface area contributed by atoms with Crippen molar-refractivity contribution in [2.45, 2.75) is 25.7 Å². The predicted molar refractivity (Wildman–Crippen MR) is 381 cm³/mol. The number of alkyl halides is 2. The lowest BCUT2D eigenvalue weighted by molar-refractivity contribution is 0.00361. The zero-order valence-corrected chi connectivity index (χ0v) is 56.8. The van der Waals surface area contributed by atoms with Gasteiger partial charge in [-0.3, -0.25) is 19.2 Å². The Morgan fingerprint density at radius 3 is 1.48 bits per heavy atom. The number of aliphatic hydroxyl groups is 2. The van der Waals surface area contributed by atoms with Gasteiger partial charge in [-0.15, -0.1) is 23.2 Å². The lowest BCUT2D eigenvalue weighted by atomic mass is 9.92. The number of ether oxygens (including phenoxy) is 8. The number of halogens is 2. The number of phenols is 2. The molecule has 0 radical (unpaired) electrons. The maximum Gasteiger partial charge on any atom is 0.278 e. The summed E-state index contributed by atoms with van der Waals surface area (Å²) in [4.78, 5) is 69.1. The normalized spacial score (nSPS) is 14.0. The number of carbonyl (C=O) groups is 4. The molecule has 26 heteroatoms. The zero-order chi connectivity index (χ0) is 70.1. The second-order valence-corrected chi connectivity index (χ2v) is 24.2. The number of aryl methyl sites for hydroxylation is 2. The number of aliphatic hydroxyl groups excluding tert-OH is 2. The van der Waals surface area contributed by atoms with E-state index in [0.717, 1.165) is 43.8 Å². The summed E-state index contributed by atoms with van der Waals surface area (Å²) in [6.45, 7) is 10.2. The minimum atomic E-state index is -0.322. The third kappa shape index (κ3) is 17.2. The Morgan fingerprint density at radius 1 is 0.540 bits per heavy atom. The summed E-state index contributed by atoms with van der Waals surface area (Å²) in [5, 5.41) is 48.7. The molecule has 0 aliphatic carbocycles. The molecule has 7 N–H and O–H groups in total. The minimum Gasteiger partial charge on any atom is -0.507 e. The fourth-order valence-electron chi connectivity index (χ4n) is 12.1. The molecule has 6 aromatic carbocycles. The molecule has 6 heterocycles. The first-order chi connectivity index (χ1) is 48.7. The minimum absolute atomic E-state index is 0.00522. The molecule has 100 heavy (non-hydrogen) atoms. The molecule has 0 saturated carbocycles. The van der Waals surface area contributed by atoms with Crippen molar-refractivity contribution in [2.24, 2.45) is 0 Å². The van der Waals surface area contributed by atoms with Gasteiger partial charge in [0.1, 0.15) is 58.9 Å². The van der Waals surface area contributed by atoms with Gasteiger partial charge >= 0.3 is 0 Å². The van der Waals surface area contributed by atoms with E-state index in [1.165, 1.54) is 6.20 Å².